The third kappa shape index (κ3) is 6.03. The van der Waals surface area contributed by atoms with Crippen LogP contribution in [0.2, 0.25) is 0 Å². The van der Waals surface area contributed by atoms with E-state index in [0.29, 0.717) is 0 Å². The van der Waals surface area contributed by atoms with Gasteiger partial charge in [0.1, 0.15) is 0 Å². The number of hydrogen-bond acceptors (Lipinski definition) is 1. The van der Waals surface area contributed by atoms with Gasteiger partial charge in [0, 0.05) is 36.6 Å². The minimum atomic E-state index is 0.866. The van der Waals surface area contributed by atoms with Crippen LogP contribution in [0.25, 0.3) is 92.3 Å². The van der Waals surface area contributed by atoms with Gasteiger partial charge in [-0.25, -0.2) is 0 Å². The summed E-state index contributed by atoms with van der Waals surface area (Å²) in [5.41, 5.74) is 13.6. The van der Waals surface area contributed by atoms with E-state index < -0.39 is 0 Å². The molecule has 0 aliphatic rings. The van der Waals surface area contributed by atoms with E-state index in [1.165, 1.54) is 103 Å². The Morgan fingerprint density at radius 2 is 1.05 bits per heavy atom. The molecule has 1 nitrogen and oxygen atoms in total. The smallest absolute Gasteiger partial charge is 0.0547 e. The summed E-state index contributed by atoms with van der Waals surface area (Å²) in [5, 5.41) is 7.80. The number of aromatic nitrogens is 1. The van der Waals surface area contributed by atoms with Crippen molar-refractivity contribution < 1.29 is 0 Å². The molecule has 57 heavy (non-hydrogen) atoms. The van der Waals surface area contributed by atoms with Gasteiger partial charge in [-0.05, 0) is 110 Å². The predicted molar refractivity (Wildman–Crippen MR) is 247 cm³/mol. The highest BCUT2D eigenvalue weighted by molar-refractivity contribution is 7.25. The lowest BCUT2D eigenvalue weighted by atomic mass is 9.94. The van der Waals surface area contributed by atoms with Gasteiger partial charge in [0.05, 0.1) is 11.0 Å². The van der Waals surface area contributed by atoms with E-state index in [1.54, 1.807) is 0 Å². The first-order chi connectivity index (χ1) is 28.2. The van der Waals surface area contributed by atoms with Crippen molar-refractivity contribution in [1.29, 1.82) is 0 Å². The summed E-state index contributed by atoms with van der Waals surface area (Å²) in [5.74, 6) is 0. The Hall–Kier alpha value is -7.00. The van der Waals surface area contributed by atoms with Crippen LogP contribution in [0.1, 0.15) is 16.7 Å². The monoisotopic (exact) mass is 743 g/mol. The molecule has 0 bridgehead atoms. The zero-order valence-corrected chi connectivity index (χ0v) is 32.1. The summed E-state index contributed by atoms with van der Waals surface area (Å²) < 4.78 is 5.10. The summed E-state index contributed by atoms with van der Waals surface area (Å²) in [4.78, 5) is 0. The van der Waals surface area contributed by atoms with Gasteiger partial charge in [-0.1, -0.05) is 164 Å². The van der Waals surface area contributed by atoms with E-state index in [-0.39, 0.29) is 0 Å². The van der Waals surface area contributed by atoms with Crippen LogP contribution >= 0.6 is 11.3 Å². The molecule has 0 aliphatic carbocycles. The fraction of sp³-hybridized carbons (Fsp3) is 0.0182. The van der Waals surface area contributed by atoms with Crippen LogP contribution in [0.3, 0.4) is 0 Å². The minimum absolute atomic E-state index is 0.866. The van der Waals surface area contributed by atoms with E-state index in [1.807, 2.05) is 11.3 Å². The molecule has 9 aromatic carbocycles. The highest BCUT2D eigenvalue weighted by atomic mass is 32.1. The molecule has 0 amide bonds. The fourth-order valence-electron chi connectivity index (χ4n) is 8.63. The zero-order valence-electron chi connectivity index (χ0n) is 31.3. The average Bonchev–Trinajstić information content (AvgIpc) is 3.81. The van der Waals surface area contributed by atoms with Crippen LogP contribution in [-0.4, -0.2) is 4.57 Å². The molecule has 0 aliphatic heterocycles. The lowest BCUT2D eigenvalue weighted by molar-refractivity contribution is 1.18. The first-order valence-electron chi connectivity index (χ1n) is 19.6. The van der Waals surface area contributed by atoms with Crippen molar-refractivity contribution in [1.82, 2.24) is 4.57 Å². The van der Waals surface area contributed by atoms with Gasteiger partial charge in [-0.3, -0.25) is 0 Å². The zero-order chi connectivity index (χ0) is 37.7. The van der Waals surface area contributed by atoms with Gasteiger partial charge < -0.3 is 4.57 Å². The van der Waals surface area contributed by atoms with Crippen molar-refractivity contribution in [3.05, 3.63) is 223 Å². The summed E-state index contributed by atoms with van der Waals surface area (Å²) in [6, 6.07) is 75.5. The molecule has 0 atom stereocenters. The van der Waals surface area contributed by atoms with Crippen molar-refractivity contribution >= 4 is 75.7 Å². The number of para-hydroxylation sites is 1. The molecule has 0 unspecified atom stereocenters. The molecule has 0 fully saturated rings. The van der Waals surface area contributed by atoms with Crippen molar-refractivity contribution in [2.24, 2.45) is 0 Å². The molecule has 0 saturated heterocycles. The van der Waals surface area contributed by atoms with E-state index in [2.05, 4.69) is 217 Å². The Morgan fingerprint density at radius 1 is 0.439 bits per heavy atom. The number of allylic oxidation sites excluding steroid dienone is 1. The van der Waals surface area contributed by atoms with Crippen molar-refractivity contribution in [3.8, 4) is 27.9 Å². The van der Waals surface area contributed by atoms with E-state index in [9.17, 15) is 0 Å². The van der Waals surface area contributed by atoms with Gasteiger partial charge in [-0.2, -0.15) is 0 Å². The molecule has 0 spiro atoms. The van der Waals surface area contributed by atoms with Crippen LogP contribution in [0.4, 0.5) is 0 Å². The molecule has 11 rings (SSSR count). The number of rotatable bonds is 7. The molecule has 2 heteroatoms. The normalized spacial score (nSPS) is 12.0. The van der Waals surface area contributed by atoms with Crippen LogP contribution < -0.4 is 0 Å². The van der Waals surface area contributed by atoms with Crippen LogP contribution in [0, 0.1) is 0 Å². The molecule has 268 valence electrons. The number of fused-ring (bicyclic) bond motifs is 8. The molecule has 0 N–H and O–H groups in total. The third-order valence-corrected chi connectivity index (χ3v) is 12.6. The summed E-state index contributed by atoms with van der Waals surface area (Å²) in [6.45, 7) is 0. The highest BCUT2D eigenvalue weighted by Crippen LogP contribution is 2.43. The molecular weight excluding hydrogens is 707 g/mol. The van der Waals surface area contributed by atoms with Gasteiger partial charge in [0.2, 0.25) is 0 Å². The van der Waals surface area contributed by atoms with Crippen molar-refractivity contribution in [2.75, 3.05) is 0 Å². The Labute approximate surface area is 336 Å². The molecule has 2 aromatic heterocycles. The lowest BCUT2D eigenvalue weighted by Gasteiger charge is -2.11. The number of nitrogens with zero attached hydrogens (tertiary/aromatic N) is 1. The largest absolute Gasteiger partial charge is 0.309 e. The molecule has 0 radical (unpaired) electrons. The molecule has 2 heterocycles. The van der Waals surface area contributed by atoms with Crippen molar-refractivity contribution in [3.63, 3.8) is 0 Å². The van der Waals surface area contributed by atoms with Gasteiger partial charge in [0.15, 0.2) is 0 Å². The van der Waals surface area contributed by atoms with Crippen molar-refractivity contribution in [2.45, 2.75) is 6.42 Å². The lowest BCUT2D eigenvalue weighted by Crippen LogP contribution is -1.93. The summed E-state index contributed by atoms with van der Waals surface area (Å²) in [6.07, 6.45) is 3.18. The Bertz CT molecular complexity index is 3260. The average molecular weight is 744 g/mol. The maximum absolute atomic E-state index is 2.44. The Morgan fingerprint density at radius 3 is 1.81 bits per heavy atom. The second kappa shape index (κ2) is 13.9. The standard InChI is InChI=1S/C55H37NS/c1-4-12-37(13-5-1)32-45(39-14-6-2-7-15-39)33-38-20-22-40(23-21-38)41-24-26-42(27-25-41)43-28-30-51-50(34-43)55-48-36-49-47-18-10-11-19-53(47)57-54(49)35-44(48)29-31-52(55)56(51)46-16-8-3-9-17-46/h1-32,34-36H,33H2/b45-32-. The topological polar surface area (TPSA) is 4.93 Å². The van der Waals surface area contributed by atoms with E-state index in [0.717, 1.165) is 6.42 Å². The van der Waals surface area contributed by atoms with Gasteiger partial charge in [0.25, 0.3) is 0 Å². The number of hydrogen-bond donors (Lipinski definition) is 0. The predicted octanol–water partition coefficient (Wildman–Crippen LogP) is 15.4. The summed E-state index contributed by atoms with van der Waals surface area (Å²) in [7, 11) is 0. The Kier molecular flexibility index (Phi) is 8.15. The maximum Gasteiger partial charge on any atom is 0.0547 e. The Balaban J connectivity index is 0.963. The second-order valence-corrected chi connectivity index (χ2v) is 16.0. The van der Waals surface area contributed by atoms with Crippen LogP contribution in [-0.2, 0) is 6.42 Å². The maximum atomic E-state index is 2.44. The van der Waals surface area contributed by atoms with Crippen LogP contribution in [0.5, 0.6) is 0 Å². The SMILES string of the molecule is C(=C(\Cc1ccc(-c2ccc(-c3ccc4c(c3)c3c5cc6c(cc5ccc3n4-c3ccccc3)sc3ccccc36)cc2)cc1)c1ccccc1)/c1ccccc1. The first-order valence-corrected chi connectivity index (χ1v) is 20.4. The summed E-state index contributed by atoms with van der Waals surface area (Å²) >= 11 is 1.88. The van der Waals surface area contributed by atoms with Gasteiger partial charge in [-0.15, -0.1) is 11.3 Å². The highest BCUT2D eigenvalue weighted by Gasteiger charge is 2.17. The second-order valence-electron chi connectivity index (χ2n) is 14.9. The third-order valence-electron chi connectivity index (χ3n) is 11.4. The molecule has 0 saturated carbocycles. The van der Waals surface area contributed by atoms with Gasteiger partial charge >= 0.3 is 0 Å². The van der Waals surface area contributed by atoms with E-state index in [4.69, 9.17) is 0 Å². The first kappa shape index (κ1) is 33.3. The number of benzene rings is 9. The molecule has 11 aromatic rings. The van der Waals surface area contributed by atoms with Crippen LogP contribution in [0.15, 0.2) is 206 Å². The molecular formula is C55H37NS. The quantitative estimate of drug-likeness (QED) is 0.143. The minimum Gasteiger partial charge on any atom is -0.309 e. The fourth-order valence-corrected chi connectivity index (χ4v) is 9.76. The van der Waals surface area contributed by atoms with E-state index >= 15 is 0 Å². The number of thiophene rings is 1.